The van der Waals surface area contributed by atoms with Gasteiger partial charge in [-0.1, -0.05) is 18.2 Å². The quantitative estimate of drug-likeness (QED) is 0.633. The molecule has 0 unspecified atom stereocenters. The highest BCUT2D eigenvalue weighted by molar-refractivity contribution is 6.28. The van der Waals surface area contributed by atoms with Gasteiger partial charge in [-0.3, -0.25) is 14.5 Å². The average Bonchev–Trinajstić information content (AvgIpc) is 2.89. The van der Waals surface area contributed by atoms with Crippen LogP contribution in [0, 0.1) is 0 Å². The molecule has 126 valence electrons. The van der Waals surface area contributed by atoms with Crippen LogP contribution in [0.5, 0.6) is 5.75 Å². The smallest absolute Gasteiger partial charge is 0.282 e. The second-order valence-corrected chi connectivity index (χ2v) is 5.67. The number of rotatable bonds is 4. The molecule has 1 heterocycles. The summed E-state index contributed by atoms with van der Waals surface area (Å²) in [7, 11) is 1.59. The zero-order valence-electron chi connectivity index (χ0n) is 14.3. The molecule has 2 aromatic carbocycles. The van der Waals surface area contributed by atoms with Gasteiger partial charge in [0, 0.05) is 11.1 Å². The predicted molar refractivity (Wildman–Crippen MR) is 98.0 cm³/mol. The number of methoxy groups -OCH3 is 1. The maximum absolute atomic E-state index is 12.8. The molecule has 0 atom stereocenters. The maximum atomic E-state index is 12.8. The van der Waals surface area contributed by atoms with E-state index in [4.69, 9.17) is 4.74 Å². The minimum absolute atomic E-state index is 0.0126. The van der Waals surface area contributed by atoms with Crippen LogP contribution in [-0.2, 0) is 4.79 Å². The lowest BCUT2D eigenvalue weighted by Crippen LogP contribution is -2.30. The average molecular weight is 334 g/mol. The third-order valence-electron chi connectivity index (χ3n) is 3.99. The second kappa shape index (κ2) is 6.73. The number of nitrogens with zero attached hydrogens (tertiary/aromatic N) is 2. The molecule has 0 saturated carbocycles. The lowest BCUT2D eigenvalue weighted by Gasteiger charge is -2.16. The Bertz CT molecular complexity index is 895. The maximum Gasteiger partial charge on any atom is 0.282 e. The molecule has 0 fully saturated rings. The van der Waals surface area contributed by atoms with Gasteiger partial charge in [0.1, 0.15) is 17.3 Å². The van der Waals surface area contributed by atoms with Crippen LogP contribution in [0.4, 0.5) is 5.69 Å². The van der Waals surface area contributed by atoms with E-state index in [0.717, 1.165) is 5.56 Å². The largest absolute Gasteiger partial charge is 0.496 e. The number of ether oxygens (including phenoxy) is 1. The summed E-state index contributed by atoms with van der Waals surface area (Å²) in [4.78, 5) is 30.1. The lowest BCUT2D eigenvalue weighted by molar-refractivity contribution is -0.113. The van der Waals surface area contributed by atoms with Crippen LogP contribution in [0.3, 0.4) is 0 Å². The molecule has 25 heavy (non-hydrogen) atoms. The van der Waals surface area contributed by atoms with E-state index in [0.29, 0.717) is 28.5 Å². The van der Waals surface area contributed by atoms with Crippen LogP contribution < -0.4 is 9.64 Å². The fourth-order valence-corrected chi connectivity index (χ4v) is 2.71. The highest BCUT2D eigenvalue weighted by atomic mass is 16.5. The molecule has 1 aliphatic rings. The van der Waals surface area contributed by atoms with Gasteiger partial charge in [0.05, 0.1) is 12.8 Å². The van der Waals surface area contributed by atoms with Gasteiger partial charge in [-0.05, 0) is 50.3 Å². The highest BCUT2D eigenvalue weighted by Crippen LogP contribution is 2.27. The molecule has 5 heteroatoms. The van der Waals surface area contributed by atoms with Crippen LogP contribution in [0.15, 0.2) is 59.2 Å². The van der Waals surface area contributed by atoms with E-state index < -0.39 is 0 Å². The Labute approximate surface area is 146 Å². The molecule has 0 N–H and O–H groups in total. The molecule has 0 aromatic heterocycles. The van der Waals surface area contributed by atoms with Crippen molar-refractivity contribution >= 4 is 29.3 Å². The van der Waals surface area contributed by atoms with Gasteiger partial charge in [-0.25, -0.2) is 4.99 Å². The van der Waals surface area contributed by atoms with Crippen molar-refractivity contribution in [2.24, 2.45) is 4.99 Å². The number of carbonyl (C=O) groups is 2. The van der Waals surface area contributed by atoms with Gasteiger partial charge in [0.25, 0.3) is 5.91 Å². The van der Waals surface area contributed by atoms with Crippen molar-refractivity contribution in [2.75, 3.05) is 12.0 Å². The number of aliphatic imine (C=N–C) groups is 1. The molecule has 0 aliphatic carbocycles. The van der Waals surface area contributed by atoms with Crippen molar-refractivity contribution in [1.82, 2.24) is 0 Å². The summed E-state index contributed by atoms with van der Waals surface area (Å²) >= 11 is 0. The summed E-state index contributed by atoms with van der Waals surface area (Å²) in [5, 5.41) is 0. The van der Waals surface area contributed by atoms with Crippen molar-refractivity contribution in [3.63, 3.8) is 0 Å². The molecule has 0 saturated heterocycles. The van der Waals surface area contributed by atoms with E-state index in [1.165, 1.54) is 11.8 Å². The first-order valence-corrected chi connectivity index (χ1v) is 7.86. The first-order chi connectivity index (χ1) is 12.0. The number of benzene rings is 2. The number of ketones is 1. The van der Waals surface area contributed by atoms with E-state index in [-0.39, 0.29) is 11.7 Å². The fourth-order valence-electron chi connectivity index (χ4n) is 2.71. The van der Waals surface area contributed by atoms with Crippen LogP contribution >= 0.6 is 0 Å². The summed E-state index contributed by atoms with van der Waals surface area (Å²) in [5.41, 5.74) is 2.42. The predicted octanol–water partition coefficient (Wildman–Crippen LogP) is 3.70. The molecule has 3 rings (SSSR count). The molecule has 2 aromatic rings. The topological polar surface area (TPSA) is 59.0 Å². The van der Waals surface area contributed by atoms with Crippen LogP contribution in [0.1, 0.15) is 29.8 Å². The summed E-state index contributed by atoms with van der Waals surface area (Å²) in [6.07, 6.45) is 1.72. The zero-order chi connectivity index (χ0) is 18.0. The number of amides is 1. The van der Waals surface area contributed by atoms with Crippen LogP contribution in [-0.4, -0.2) is 24.6 Å². The first kappa shape index (κ1) is 16.6. The Morgan fingerprint density at radius 2 is 1.80 bits per heavy atom. The SMILES string of the molecule is COc1ccccc1/C=C1/N=C(C)N(c2ccc(C(C)=O)cc2)C1=O. The van der Waals surface area contributed by atoms with Gasteiger partial charge >= 0.3 is 0 Å². The van der Waals surface area contributed by atoms with Crippen molar-refractivity contribution in [3.8, 4) is 5.75 Å². The number of anilines is 1. The molecule has 0 spiro atoms. The minimum Gasteiger partial charge on any atom is -0.496 e. The monoisotopic (exact) mass is 334 g/mol. The Morgan fingerprint density at radius 1 is 1.12 bits per heavy atom. The van der Waals surface area contributed by atoms with Crippen LogP contribution in [0.25, 0.3) is 6.08 Å². The number of Topliss-reactive ketones (excluding diaryl/α,β-unsaturated/α-hetero) is 1. The van der Waals surface area contributed by atoms with E-state index >= 15 is 0 Å². The third-order valence-corrected chi connectivity index (χ3v) is 3.99. The van der Waals surface area contributed by atoms with E-state index in [1.54, 1.807) is 44.4 Å². The summed E-state index contributed by atoms with van der Waals surface area (Å²) in [5.74, 6) is 1.04. The minimum atomic E-state index is -0.209. The number of amidine groups is 1. The van der Waals surface area contributed by atoms with Gasteiger partial charge in [-0.2, -0.15) is 0 Å². The zero-order valence-corrected chi connectivity index (χ0v) is 14.3. The molecule has 0 bridgehead atoms. The number of para-hydroxylation sites is 1. The molecule has 1 aliphatic heterocycles. The summed E-state index contributed by atoms with van der Waals surface area (Å²) in [6.45, 7) is 3.29. The third kappa shape index (κ3) is 3.21. The Balaban J connectivity index is 1.93. The standard InChI is InChI=1S/C20H18N2O3/c1-13(23)15-8-10-17(11-9-15)22-14(2)21-18(20(22)24)12-16-6-4-5-7-19(16)25-3/h4-12H,1-3H3/b18-12+. The van der Waals surface area contributed by atoms with Gasteiger partial charge in [0.15, 0.2) is 5.78 Å². The van der Waals surface area contributed by atoms with Gasteiger partial charge in [0.2, 0.25) is 0 Å². The number of hydrogen-bond donors (Lipinski definition) is 0. The lowest BCUT2D eigenvalue weighted by atomic mass is 10.1. The molecular weight excluding hydrogens is 316 g/mol. The van der Waals surface area contributed by atoms with E-state index in [2.05, 4.69) is 4.99 Å². The molecule has 0 radical (unpaired) electrons. The Morgan fingerprint density at radius 3 is 2.44 bits per heavy atom. The van der Waals surface area contributed by atoms with E-state index in [1.807, 2.05) is 24.3 Å². The normalized spacial score (nSPS) is 15.5. The van der Waals surface area contributed by atoms with Crippen LogP contribution in [0.2, 0.25) is 0 Å². The van der Waals surface area contributed by atoms with Crippen molar-refractivity contribution in [1.29, 1.82) is 0 Å². The molecular formula is C20H18N2O3. The Kier molecular flexibility index (Phi) is 4.48. The Hall–Kier alpha value is -3.21. The highest BCUT2D eigenvalue weighted by Gasteiger charge is 2.29. The van der Waals surface area contributed by atoms with Gasteiger partial charge in [-0.15, -0.1) is 0 Å². The van der Waals surface area contributed by atoms with Crippen molar-refractivity contribution in [2.45, 2.75) is 13.8 Å². The fraction of sp³-hybridized carbons (Fsp3) is 0.150. The second-order valence-electron chi connectivity index (χ2n) is 5.67. The van der Waals surface area contributed by atoms with E-state index in [9.17, 15) is 9.59 Å². The summed E-state index contributed by atoms with van der Waals surface area (Å²) in [6, 6.07) is 14.4. The first-order valence-electron chi connectivity index (χ1n) is 7.86. The summed E-state index contributed by atoms with van der Waals surface area (Å²) < 4.78 is 5.31. The van der Waals surface area contributed by atoms with Gasteiger partial charge < -0.3 is 4.74 Å². The molecule has 1 amide bonds. The number of hydrogen-bond acceptors (Lipinski definition) is 4. The molecule has 5 nitrogen and oxygen atoms in total. The number of carbonyl (C=O) groups excluding carboxylic acids is 2. The van der Waals surface area contributed by atoms with Crippen molar-refractivity contribution < 1.29 is 14.3 Å². The van der Waals surface area contributed by atoms with Crippen molar-refractivity contribution in [3.05, 3.63) is 65.4 Å².